The second-order valence-corrected chi connectivity index (χ2v) is 5.12. The standard InChI is InChI=1S/C14H18FN3O2.ClH/c15-12-4-2-1-3-9(12)5-6-18-7-10(13(16)19)11(8-18)14(17)20;/h1-4,10-11H,5-8H2,(H2,16,19)(H2,17,20);1H. The Morgan fingerprint density at radius 3 is 2.14 bits per heavy atom. The van der Waals surface area contributed by atoms with Gasteiger partial charge >= 0.3 is 0 Å². The quantitative estimate of drug-likeness (QED) is 0.819. The molecule has 0 aromatic heterocycles. The normalized spacial score (nSPS) is 21.8. The van der Waals surface area contributed by atoms with Crippen LogP contribution in [0.2, 0.25) is 0 Å². The molecule has 0 spiro atoms. The van der Waals surface area contributed by atoms with Crippen molar-refractivity contribution in [2.75, 3.05) is 19.6 Å². The van der Waals surface area contributed by atoms with Gasteiger partial charge in [-0.3, -0.25) is 9.59 Å². The van der Waals surface area contributed by atoms with Crippen molar-refractivity contribution in [3.63, 3.8) is 0 Å². The minimum Gasteiger partial charge on any atom is -0.369 e. The van der Waals surface area contributed by atoms with Gasteiger partial charge in [-0.1, -0.05) is 18.2 Å². The Kier molecular flexibility index (Phi) is 6.11. The van der Waals surface area contributed by atoms with Crippen molar-refractivity contribution in [1.82, 2.24) is 4.90 Å². The molecule has 0 bridgehead atoms. The smallest absolute Gasteiger partial charge is 0.222 e. The van der Waals surface area contributed by atoms with E-state index in [0.717, 1.165) is 0 Å². The maximum Gasteiger partial charge on any atom is 0.222 e. The summed E-state index contributed by atoms with van der Waals surface area (Å²) in [5, 5.41) is 0. The van der Waals surface area contributed by atoms with Crippen molar-refractivity contribution >= 4 is 24.2 Å². The predicted molar refractivity (Wildman–Crippen MR) is 79.2 cm³/mol. The zero-order valence-electron chi connectivity index (χ0n) is 11.5. The van der Waals surface area contributed by atoms with Crippen LogP contribution in [0, 0.1) is 17.7 Å². The molecule has 1 saturated heterocycles. The highest BCUT2D eigenvalue weighted by atomic mass is 35.5. The van der Waals surface area contributed by atoms with Crippen molar-refractivity contribution in [3.05, 3.63) is 35.6 Å². The Morgan fingerprint density at radius 1 is 1.14 bits per heavy atom. The van der Waals surface area contributed by atoms with Gasteiger partial charge in [0.05, 0.1) is 11.8 Å². The summed E-state index contributed by atoms with van der Waals surface area (Å²) in [5.74, 6) is -2.37. The number of likely N-dealkylation sites (tertiary alicyclic amines) is 1. The van der Waals surface area contributed by atoms with Gasteiger partial charge in [0.25, 0.3) is 0 Å². The SMILES string of the molecule is Cl.NC(=O)C1CN(CCc2ccccc2F)CC1C(N)=O. The van der Waals surface area contributed by atoms with Gasteiger partial charge in [-0.05, 0) is 18.1 Å². The fourth-order valence-electron chi connectivity index (χ4n) is 2.62. The first-order valence-corrected chi connectivity index (χ1v) is 6.53. The molecular weight excluding hydrogens is 297 g/mol. The van der Waals surface area contributed by atoms with Gasteiger partial charge in [-0.2, -0.15) is 0 Å². The Hall–Kier alpha value is -1.66. The average Bonchev–Trinajstić information content (AvgIpc) is 2.82. The Labute approximate surface area is 128 Å². The van der Waals surface area contributed by atoms with Gasteiger partial charge < -0.3 is 16.4 Å². The summed E-state index contributed by atoms with van der Waals surface area (Å²) in [6, 6.07) is 6.56. The molecule has 1 aliphatic rings. The van der Waals surface area contributed by atoms with Crippen molar-refractivity contribution in [1.29, 1.82) is 0 Å². The number of carbonyl (C=O) groups is 2. The lowest BCUT2D eigenvalue weighted by Crippen LogP contribution is -2.36. The lowest BCUT2D eigenvalue weighted by Gasteiger charge is -2.15. The number of primary amides is 2. The van der Waals surface area contributed by atoms with Crippen LogP contribution in [0.15, 0.2) is 24.3 Å². The van der Waals surface area contributed by atoms with Crippen molar-refractivity contribution < 1.29 is 14.0 Å². The highest BCUT2D eigenvalue weighted by molar-refractivity contribution is 5.87. The highest BCUT2D eigenvalue weighted by Gasteiger charge is 2.39. The molecule has 21 heavy (non-hydrogen) atoms. The van der Waals surface area contributed by atoms with Crippen LogP contribution in [-0.2, 0) is 16.0 Å². The predicted octanol–water partition coefficient (Wildman–Crippen LogP) is 0.309. The molecule has 0 saturated carbocycles. The number of nitrogens with zero attached hydrogens (tertiary/aromatic N) is 1. The second-order valence-electron chi connectivity index (χ2n) is 5.12. The molecule has 1 aliphatic heterocycles. The first-order valence-electron chi connectivity index (χ1n) is 6.53. The summed E-state index contributed by atoms with van der Waals surface area (Å²) in [7, 11) is 0. The first kappa shape index (κ1) is 17.4. The van der Waals surface area contributed by atoms with E-state index in [1.165, 1.54) is 6.07 Å². The van der Waals surface area contributed by atoms with Crippen molar-refractivity contribution in [2.24, 2.45) is 23.3 Å². The maximum atomic E-state index is 13.5. The van der Waals surface area contributed by atoms with Gasteiger partial charge in [-0.25, -0.2) is 4.39 Å². The molecule has 5 nitrogen and oxygen atoms in total. The zero-order chi connectivity index (χ0) is 14.7. The molecule has 2 unspecified atom stereocenters. The molecule has 1 heterocycles. The van der Waals surface area contributed by atoms with E-state index < -0.39 is 23.7 Å². The minimum atomic E-state index is -0.548. The Morgan fingerprint density at radius 2 is 1.67 bits per heavy atom. The summed E-state index contributed by atoms with van der Waals surface area (Å²) in [5.41, 5.74) is 11.2. The molecule has 0 radical (unpaired) electrons. The van der Waals surface area contributed by atoms with Crippen LogP contribution in [0.3, 0.4) is 0 Å². The van der Waals surface area contributed by atoms with Gasteiger partial charge in [0.2, 0.25) is 11.8 Å². The van der Waals surface area contributed by atoms with Crippen LogP contribution in [-0.4, -0.2) is 36.3 Å². The van der Waals surface area contributed by atoms with Gasteiger partial charge in [0.1, 0.15) is 5.82 Å². The second kappa shape index (κ2) is 7.38. The maximum absolute atomic E-state index is 13.5. The first-order chi connectivity index (χ1) is 9.49. The van der Waals surface area contributed by atoms with E-state index >= 15 is 0 Å². The van der Waals surface area contributed by atoms with E-state index in [9.17, 15) is 14.0 Å². The third-order valence-corrected chi connectivity index (χ3v) is 3.78. The van der Waals surface area contributed by atoms with Crippen LogP contribution in [0.1, 0.15) is 5.56 Å². The van der Waals surface area contributed by atoms with E-state index in [4.69, 9.17) is 11.5 Å². The van der Waals surface area contributed by atoms with E-state index in [-0.39, 0.29) is 18.2 Å². The number of halogens is 2. The van der Waals surface area contributed by atoms with E-state index in [0.29, 0.717) is 31.6 Å². The van der Waals surface area contributed by atoms with E-state index in [1.807, 2.05) is 4.90 Å². The molecule has 116 valence electrons. The number of hydrogen-bond acceptors (Lipinski definition) is 3. The largest absolute Gasteiger partial charge is 0.369 e. The van der Waals surface area contributed by atoms with Gasteiger partial charge in [0.15, 0.2) is 0 Å². The Bertz CT molecular complexity index is 505. The fraction of sp³-hybridized carbons (Fsp3) is 0.429. The number of nitrogens with two attached hydrogens (primary N) is 2. The fourth-order valence-corrected chi connectivity index (χ4v) is 2.62. The molecule has 1 aromatic rings. The minimum absolute atomic E-state index is 0. The van der Waals surface area contributed by atoms with Gasteiger partial charge in [0, 0.05) is 19.6 Å². The number of benzene rings is 1. The topological polar surface area (TPSA) is 89.4 Å². The summed E-state index contributed by atoms with van der Waals surface area (Å²) >= 11 is 0. The average molecular weight is 316 g/mol. The lowest BCUT2D eigenvalue weighted by molar-refractivity contribution is -0.129. The molecule has 1 fully saturated rings. The molecular formula is C14H19ClFN3O2. The molecule has 2 atom stereocenters. The Balaban J connectivity index is 0.00000220. The van der Waals surface area contributed by atoms with Gasteiger partial charge in [-0.15, -0.1) is 12.4 Å². The zero-order valence-corrected chi connectivity index (χ0v) is 12.3. The molecule has 2 amide bonds. The van der Waals surface area contributed by atoms with Crippen LogP contribution >= 0.6 is 12.4 Å². The van der Waals surface area contributed by atoms with Crippen LogP contribution in [0.25, 0.3) is 0 Å². The number of rotatable bonds is 5. The third-order valence-electron chi connectivity index (χ3n) is 3.78. The lowest BCUT2D eigenvalue weighted by atomic mass is 9.95. The number of amides is 2. The van der Waals surface area contributed by atoms with Crippen LogP contribution in [0.5, 0.6) is 0 Å². The van der Waals surface area contributed by atoms with Crippen molar-refractivity contribution in [2.45, 2.75) is 6.42 Å². The summed E-state index contributed by atoms with van der Waals surface area (Å²) < 4.78 is 13.5. The van der Waals surface area contributed by atoms with E-state index in [2.05, 4.69) is 0 Å². The van der Waals surface area contributed by atoms with E-state index in [1.54, 1.807) is 18.2 Å². The molecule has 7 heteroatoms. The third kappa shape index (κ3) is 4.15. The van der Waals surface area contributed by atoms with Crippen LogP contribution < -0.4 is 11.5 Å². The molecule has 2 rings (SSSR count). The summed E-state index contributed by atoms with van der Waals surface area (Å²) in [4.78, 5) is 24.6. The summed E-state index contributed by atoms with van der Waals surface area (Å²) in [6.07, 6.45) is 0.517. The molecule has 4 N–H and O–H groups in total. The molecule has 0 aliphatic carbocycles. The monoisotopic (exact) mass is 315 g/mol. The number of carbonyl (C=O) groups excluding carboxylic acids is 2. The van der Waals surface area contributed by atoms with Crippen molar-refractivity contribution in [3.8, 4) is 0 Å². The molecule has 1 aromatic carbocycles. The van der Waals surface area contributed by atoms with Crippen LogP contribution in [0.4, 0.5) is 4.39 Å². The highest BCUT2D eigenvalue weighted by Crippen LogP contribution is 2.23. The number of hydrogen-bond donors (Lipinski definition) is 2. The summed E-state index contributed by atoms with van der Waals surface area (Å²) in [6.45, 7) is 1.36.